The largest absolute Gasteiger partial charge is 0.477 e. The minimum Gasteiger partial charge on any atom is -0.477 e. The van der Waals surface area contributed by atoms with E-state index in [1.807, 2.05) is 6.07 Å². The highest BCUT2D eigenvalue weighted by Crippen LogP contribution is 2.32. The monoisotopic (exact) mass is 735 g/mol. The molecule has 0 bridgehead atoms. The van der Waals surface area contributed by atoms with Crippen molar-refractivity contribution in [3.8, 4) is 0 Å². The Morgan fingerprint density at radius 1 is 0.939 bits per heavy atom. The van der Waals surface area contributed by atoms with Crippen molar-refractivity contribution in [2.24, 2.45) is 15.7 Å². The zero-order valence-corrected chi connectivity index (χ0v) is 24.3. The molecule has 4 heterocycles. The second-order valence-corrected chi connectivity index (χ2v) is 10.8. The highest BCUT2D eigenvalue weighted by atomic mass is 127. The van der Waals surface area contributed by atoms with E-state index in [-0.39, 0.29) is 29.9 Å². The van der Waals surface area contributed by atoms with Crippen LogP contribution in [0.5, 0.6) is 0 Å². The maximum atomic E-state index is 11.8. The van der Waals surface area contributed by atoms with Gasteiger partial charge in [0, 0.05) is 19.8 Å². The number of Topliss-reactive ketones (excluding diaryl/α,β-unsaturated/α-hetero) is 2. The number of halogens is 3. The molecule has 2 aliphatic heterocycles. The van der Waals surface area contributed by atoms with E-state index in [4.69, 9.17) is 5.11 Å². The lowest BCUT2D eigenvalue weighted by atomic mass is 10.1. The summed E-state index contributed by atoms with van der Waals surface area (Å²) in [6.45, 7) is 4.14. The summed E-state index contributed by atoms with van der Waals surface area (Å²) in [7, 11) is 0. The second-order valence-electron chi connectivity index (χ2n) is 6.69. The highest BCUT2D eigenvalue weighted by Gasteiger charge is 2.21. The first kappa shape index (κ1) is 29.8. The van der Waals surface area contributed by atoms with Crippen LogP contribution in [-0.2, 0) is 22.7 Å². The Morgan fingerprint density at radius 2 is 1.36 bits per heavy atom. The standard InChI is InChI=1S/C11H10INO2S.C7H4INO2S.C2H5NO.ClH/c1-6(14)2-3-8(15)9-4-7-5-13-11(12)10(7)16-9;8-6-5-3(2-9-6)1-4(12-5)7(10)11;1-2(3)4;/h4H,2-3,5H2,1H3;1H,2H2,(H,10,11);1H3,(H2,3,4);1H. The van der Waals surface area contributed by atoms with Crippen molar-refractivity contribution in [1.29, 1.82) is 0 Å². The minimum absolute atomic E-state index is 0. The number of amides is 1. The molecule has 2 aromatic heterocycles. The number of nitrogens with zero attached hydrogens (tertiary/aromatic N) is 2. The molecule has 178 valence electrons. The van der Waals surface area contributed by atoms with Gasteiger partial charge in [0.1, 0.15) is 18.1 Å². The highest BCUT2D eigenvalue weighted by molar-refractivity contribution is 14.1. The maximum absolute atomic E-state index is 11.8. The van der Waals surface area contributed by atoms with Gasteiger partial charge in [0.25, 0.3) is 0 Å². The van der Waals surface area contributed by atoms with Gasteiger partial charge in [-0.25, -0.2) is 4.79 Å². The summed E-state index contributed by atoms with van der Waals surface area (Å²) in [6, 6.07) is 3.62. The number of carbonyl (C=O) groups is 4. The lowest BCUT2D eigenvalue weighted by molar-refractivity contribution is -0.117. The SMILES string of the molecule is CC(=O)CCC(=O)c1cc2c(s1)C(I)=NC2.CC(N)=O.Cl.O=C(O)c1cc2c(s1)C(I)=NC2. The molecular weight excluding hydrogens is 716 g/mol. The van der Waals surface area contributed by atoms with Crippen molar-refractivity contribution in [3.63, 3.8) is 0 Å². The summed E-state index contributed by atoms with van der Waals surface area (Å²) in [5.41, 5.74) is 6.65. The number of rotatable bonds is 5. The molecule has 8 nitrogen and oxygen atoms in total. The van der Waals surface area contributed by atoms with Crippen molar-refractivity contribution in [3.05, 3.63) is 42.8 Å². The Bertz CT molecular complexity index is 1140. The van der Waals surface area contributed by atoms with Gasteiger partial charge in [-0.05, 0) is 75.4 Å². The molecule has 2 aliphatic rings. The number of ketones is 2. The van der Waals surface area contributed by atoms with E-state index >= 15 is 0 Å². The van der Waals surface area contributed by atoms with E-state index in [1.165, 1.54) is 36.5 Å². The second kappa shape index (κ2) is 13.6. The van der Waals surface area contributed by atoms with Crippen molar-refractivity contribution in [1.82, 2.24) is 0 Å². The molecule has 0 saturated carbocycles. The fraction of sp³-hybridized carbons (Fsp3) is 0.300. The molecular formula is C20H20ClI2N3O5S2. The molecule has 0 saturated heterocycles. The van der Waals surface area contributed by atoms with Gasteiger partial charge in [0.15, 0.2) is 5.78 Å². The topological polar surface area (TPSA) is 139 Å². The molecule has 0 aliphatic carbocycles. The van der Waals surface area contributed by atoms with Crippen LogP contribution in [0.25, 0.3) is 0 Å². The van der Waals surface area contributed by atoms with Gasteiger partial charge in [-0.1, -0.05) is 0 Å². The number of primary amides is 1. The summed E-state index contributed by atoms with van der Waals surface area (Å²) < 4.78 is 1.92. The van der Waals surface area contributed by atoms with E-state index < -0.39 is 5.97 Å². The minimum atomic E-state index is -0.849. The fourth-order valence-corrected chi connectivity index (χ4v) is 6.20. The van der Waals surface area contributed by atoms with Crippen LogP contribution in [0.15, 0.2) is 22.1 Å². The first-order valence-electron chi connectivity index (χ1n) is 9.17. The first-order chi connectivity index (χ1) is 15.0. The summed E-state index contributed by atoms with van der Waals surface area (Å²) in [5, 5.41) is 8.70. The van der Waals surface area contributed by atoms with Gasteiger partial charge in [-0.2, -0.15) is 0 Å². The lowest BCUT2D eigenvalue weighted by Crippen LogP contribution is -2.01. The third-order valence-electron chi connectivity index (χ3n) is 3.96. The number of aromatic carboxylic acids is 1. The van der Waals surface area contributed by atoms with E-state index in [9.17, 15) is 19.2 Å². The van der Waals surface area contributed by atoms with Crippen LogP contribution in [0.4, 0.5) is 0 Å². The first-order valence-corrected chi connectivity index (χ1v) is 13.0. The Balaban J connectivity index is 0.000000284. The van der Waals surface area contributed by atoms with Crippen LogP contribution < -0.4 is 5.73 Å². The molecule has 0 spiro atoms. The molecule has 0 radical (unpaired) electrons. The average molecular weight is 736 g/mol. The smallest absolute Gasteiger partial charge is 0.345 e. The summed E-state index contributed by atoms with van der Waals surface area (Å²) in [4.78, 5) is 54.2. The molecule has 0 fully saturated rings. The van der Waals surface area contributed by atoms with Crippen molar-refractivity contribution in [2.75, 3.05) is 0 Å². The number of carboxylic acid groups (broad SMARTS) is 1. The molecule has 33 heavy (non-hydrogen) atoms. The molecule has 3 N–H and O–H groups in total. The molecule has 0 aromatic carbocycles. The van der Waals surface area contributed by atoms with E-state index in [2.05, 4.69) is 60.9 Å². The molecule has 2 aromatic rings. The van der Waals surface area contributed by atoms with Crippen LogP contribution in [0, 0.1) is 0 Å². The zero-order chi connectivity index (χ0) is 24.0. The molecule has 1 amide bonds. The van der Waals surface area contributed by atoms with E-state index in [1.54, 1.807) is 6.07 Å². The molecule has 0 atom stereocenters. The molecule has 4 rings (SSSR count). The molecule has 0 unspecified atom stereocenters. The van der Waals surface area contributed by atoms with Crippen LogP contribution >= 0.6 is 80.3 Å². The number of hydrogen-bond acceptors (Lipinski definition) is 8. The van der Waals surface area contributed by atoms with Crippen molar-refractivity contribution < 1.29 is 24.3 Å². The summed E-state index contributed by atoms with van der Waals surface area (Å²) >= 11 is 7.11. The number of hydrogen-bond donors (Lipinski definition) is 2. The maximum Gasteiger partial charge on any atom is 0.345 e. The third-order valence-corrected chi connectivity index (χ3v) is 8.85. The van der Waals surface area contributed by atoms with Gasteiger partial charge in [-0.3, -0.25) is 19.6 Å². The summed E-state index contributed by atoms with van der Waals surface area (Å²) in [6.07, 6.45) is 0.662. The van der Waals surface area contributed by atoms with Crippen LogP contribution in [0.1, 0.15) is 66.9 Å². The normalized spacial score (nSPS) is 12.5. The predicted molar refractivity (Wildman–Crippen MR) is 150 cm³/mol. The number of nitrogens with two attached hydrogens (primary N) is 1. The van der Waals surface area contributed by atoms with Gasteiger partial charge in [-0.15, -0.1) is 35.1 Å². The van der Waals surface area contributed by atoms with Gasteiger partial charge >= 0.3 is 5.97 Å². The lowest BCUT2D eigenvalue weighted by Gasteiger charge is -1.94. The number of thiophene rings is 2. The quantitative estimate of drug-likeness (QED) is 0.327. The summed E-state index contributed by atoms with van der Waals surface area (Å²) in [5.74, 6) is -1.05. The van der Waals surface area contributed by atoms with E-state index in [0.717, 1.165) is 33.2 Å². The Morgan fingerprint density at radius 3 is 1.76 bits per heavy atom. The zero-order valence-electron chi connectivity index (χ0n) is 17.5. The average Bonchev–Trinajstić information content (AvgIpc) is 3.44. The Kier molecular flexibility index (Phi) is 12.3. The Hall–Kier alpha value is -1.23. The number of aliphatic imine (C=N–C) groups is 2. The fourth-order valence-electron chi connectivity index (χ4n) is 2.55. The van der Waals surface area contributed by atoms with Crippen LogP contribution in [-0.4, -0.2) is 36.0 Å². The molecule has 13 heteroatoms. The van der Waals surface area contributed by atoms with Gasteiger partial charge in [0.2, 0.25) is 5.91 Å². The van der Waals surface area contributed by atoms with Crippen LogP contribution in [0.2, 0.25) is 0 Å². The van der Waals surface area contributed by atoms with Gasteiger partial charge in [0.05, 0.1) is 27.7 Å². The van der Waals surface area contributed by atoms with Gasteiger partial charge < -0.3 is 15.6 Å². The van der Waals surface area contributed by atoms with Crippen molar-refractivity contribution >= 4 is 111 Å². The number of fused-ring (bicyclic) bond motifs is 2. The Labute approximate surface area is 231 Å². The predicted octanol–water partition coefficient (Wildman–Crippen LogP) is 5.05. The third kappa shape index (κ3) is 8.81. The van der Waals surface area contributed by atoms with E-state index in [0.29, 0.717) is 30.8 Å². The van der Waals surface area contributed by atoms with Crippen molar-refractivity contribution in [2.45, 2.75) is 39.8 Å². The number of carbonyl (C=O) groups excluding carboxylic acids is 3. The van der Waals surface area contributed by atoms with Crippen LogP contribution in [0.3, 0.4) is 0 Å². The number of carboxylic acids is 1.